The number of nitrogens with zero attached hydrogens (tertiary/aromatic N) is 1. The molecule has 3 N–H and O–H groups in total. The lowest BCUT2D eigenvalue weighted by Gasteiger charge is -2.26. The van der Waals surface area contributed by atoms with E-state index in [9.17, 15) is 4.79 Å². The zero-order valence-corrected chi connectivity index (χ0v) is 9.46. The number of hydrogen-bond donors (Lipinski definition) is 2. The molecule has 0 aromatic heterocycles. The van der Waals surface area contributed by atoms with E-state index in [-0.39, 0.29) is 30.5 Å². The summed E-state index contributed by atoms with van der Waals surface area (Å²) >= 11 is 0. The van der Waals surface area contributed by atoms with Crippen LogP contribution in [-0.2, 0) is 9.53 Å². The Morgan fingerprint density at radius 1 is 1.53 bits per heavy atom. The molecule has 0 aliphatic carbocycles. The van der Waals surface area contributed by atoms with Gasteiger partial charge in [-0.2, -0.15) is 0 Å². The fourth-order valence-electron chi connectivity index (χ4n) is 1.92. The minimum absolute atomic E-state index is 0. The Hall–Kier alpha value is -0.360. The quantitative estimate of drug-likeness (QED) is 0.609. The number of likely N-dealkylation sites (tertiary alicyclic amines) is 1. The summed E-state index contributed by atoms with van der Waals surface area (Å²) in [6.45, 7) is 3.54. The summed E-state index contributed by atoms with van der Waals surface area (Å²) in [4.78, 5) is 13.7. The summed E-state index contributed by atoms with van der Waals surface area (Å²) in [5, 5.41) is 3.15. The lowest BCUT2D eigenvalue weighted by molar-refractivity contribution is -0.144. The van der Waals surface area contributed by atoms with Crippen LogP contribution in [0, 0.1) is 0 Å². The van der Waals surface area contributed by atoms with Crippen molar-refractivity contribution >= 4 is 18.3 Å². The van der Waals surface area contributed by atoms with Crippen molar-refractivity contribution < 1.29 is 9.53 Å². The summed E-state index contributed by atoms with van der Waals surface area (Å²) in [7, 11) is 0. The van der Waals surface area contributed by atoms with Crippen LogP contribution < -0.4 is 11.1 Å². The molecule has 6 heteroatoms. The van der Waals surface area contributed by atoms with Crippen molar-refractivity contribution in [3.8, 4) is 0 Å². The molecule has 88 valence electrons. The number of hydrogen-bond acceptors (Lipinski definition) is 4. The largest absolute Gasteiger partial charge is 0.366 e. The van der Waals surface area contributed by atoms with E-state index in [0.717, 1.165) is 19.5 Å². The maximum Gasteiger partial charge on any atom is 0.253 e. The van der Waals surface area contributed by atoms with Gasteiger partial charge in [-0.3, -0.25) is 4.79 Å². The van der Waals surface area contributed by atoms with Crippen molar-refractivity contribution in [1.29, 1.82) is 0 Å². The molecule has 2 heterocycles. The molecule has 0 bridgehead atoms. The van der Waals surface area contributed by atoms with Crippen LogP contribution in [0.3, 0.4) is 0 Å². The number of morpholine rings is 1. The smallest absolute Gasteiger partial charge is 0.253 e. The Bertz CT molecular complexity index is 215. The predicted molar refractivity (Wildman–Crippen MR) is 59.0 cm³/mol. The fraction of sp³-hybridized carbons (Fsp3) is 0.889. The van der Waals surface area contributed by atoms with Gasteiger partial charge in [0.15, 0.2) is 0 Å². The molecular weight excluding hydrogens is 218 g/mol. The van der Waals surface area contributed by atoms with Crippen molar-refractivity contribution in [2.24, 2.45) is 5.73 Å². The van der Waals surface area contributed by atoms with Crippen LogP contribution in [0.15, 0.2) is 0 Å². The first-order valence-corrected chi connectivity index (χ1v) is 5.14. The predicted octanol–water partition coefficient (Wildman–Crippen LogP) is -1.04. The van der Waals surface area contributed by atoms with Crippen molar-refractivity contribution in [2.75, 3.05) is 32.8 Å². The van der Waals surface area contributed by atoms with Gasteiger partial charge in [0.2, 0.25) is 0 Å². The highest BCUT2D eigenvalue weighted by Gasteiger charge is 2.30. The fourth-order valence-corrected chi connectivity index (χ4v) is 1.92. The Kier molecular flexibility index (Phi) is 4.79. The minimum atomic E-state index is -0.297. The van der Waals surface area contributed by atoms with Gasteiger partial charge in [0.05, 0.1) is 6.61 Å². The van der Waals surface area contributed by atoms with E-state index < -0.39 is 0 Å². The van der Waals surface area contributed by atoms with Crippen LogP contribution in [0.5, 0.6) is 0 Å². The molecule has 0 aromatic carbocycles. The maximum atomic E-state index is 11.9. The van der Waals surface area contributed by atoms with E-state index >= 15 is 0 Å². The first-order chi connectivity index (χ1) is 6.77. The molecule has 2 aliphatic rings. The molecule has 2 rings (SSSR count). The number of halogens is 1. The second kappa shape index (κ2) is 5.65. The summed E-state index contributed by atoms with van der Waals surface area (Å²) in [6.07, 6.45) is 0.611. The lowest BCUT2D eigenvalue weighted by atomic mass is 10.2. The van der Waals surface area contributed by atoms with Gasteiger partial charge in [-0.25, -0.2) is 0 Å². The number of carbonyl (C=O) groups is 1. The van der Waals surface area contributed by atoms with Gasteiger partial charge in [0.1, 0.15) is 6.10 Å². The molecule has 1 amide bonds. The van der Waals surface area contributed by atoms with Gasteiger partial charge in [-0.1, -0.05) is 0 Å². The molecule has 2 aliphatic heterocycles. The molecule has 0 aromatic rings. The second-order valence-electron chi connectivity index (χ2n) is 3.90. The average molecular weight is 236 g/mol. The molecule has 2 atom stereocenters. The molecule has 15 heavy (non-hydrogen) atoms. The third-order valence-corrected chi connectivity index (χ3v) is 2.74. The molecule has 2 saturated heterocycles. The molecule has 0 unspecified atom stereocenters. The SMILES string of the molecule is Cl.N[C@@H]1CCN(C(=O)[C@@H]2CNCCO2)C1. The Morgan fingerprint density at radius 3 is 2.87 bits per heavy atom. The normalized spacial score (nSPS) is 31.1. The Balaban J connectivity index is 0.00000112. The second-order valence-corrected chi connectivity index (χ2v) is 3.90. The van der Waals surface area contributed by atoms with E-state index in [1.165, 1.54) is 0 Å². The Labute approximate surface area is 95.7 Å². The number of carbonyl (C=O) groups excluding carboxylic acids is 1. The summed E-state index contributed by atoms with van der Waals surface area (Å²) < 4.78 is 5.39. The maximum absolute atomic E-state index is 11.9. The highest BCUT2D eigenvalue weighted by atomic mass is 35.5. The van der Waals surface area contributed by atoms with Crippen LogP contribution in [0.1, 0.15) is 6.42 Å². The summed E-state index contributed by atoms with van der Waals surface area (Å²) in [5.74, 6) is 0.0881. The van der Waals surface area contributed by atoms with Crippen molar-refractivity contribution in [1.82, 2.24) is 10.2 Å². The van der Waals surface area contributed by atoms with Crippen molar-refractivity contribution in [2.45, 2.75) is 18.6 Å². The van der Waals surface area contributed by atoms with Gasteiger partial charge >= 0.3 is 0 Å². The monoisotopic (exact) mass is 235 g/mol. The molecule has 2 fully saturated rings. The van der Waals surface area contributed by atoms with E-state index in [2.05, 4.69) is 5.32 Å². The number of nitrogens with one attached hydrogen (secondary N) is 1. The van der Waals surface area contributed by atoms with E-state index in [1.54, 1.807) is 0 Å². The van der Waals surface area contributed by atoms with Crippen molar-refractivity contribution in [3.05, 3.63) is 0 Å². The van der Waals surface area contributed by atoms with Crippen LogP contribution in [0.4, 0.5) is 0 Å². The number of ether oxygens (including phenoxy) is 1. The molecule has 0 saturated carbocycles. The summed E-state index contributed by atoms with van der Waals surface area (Å²) in [6, 6.07) is 0.149. The van der Waals surface area contributed by atoms with Gasteiger partial charge in [-0.05, 0) is 6.42 Å². The first kappa shape index (κ1) is 12.7. The number of amides is 1. The highest BCUT2D eigenvalue weighted by Crippen LogP contribution is 2.10. The van der Waals surface area contributed by atoms with Gasteiger partial charge in [0, 0.05) is 32.2 Å². The zero-order chi connectivity index (χ0) is 9.97. The molecular formula is C9H18ClN3O2. The third-order valence-electron chi connectivity index (χ3n) is 2.74. The van der Waals surface area contributed by atoms with E-state index in [1.807, 2.05) is 4.90 Å². The Morgan fingerprint density at radius 2 is 2.33 bits per heavy atom. The summed E-state index contributed by atoms with van der Waals surface area (Å²) in [5.41, 5.74) is 5.74. The van der Waals surface area contributed by atoms with Crippen LogP contribution in [0.2, 0.25) is 0 Å². The topological polar surface area (TPSA) is 67.6 Å². The molecule has 0 radical (unpaired) electrons. The molecule has 5 nitrogen and oxygen atoms in total. The lowest BCUT2D eigenvalue weighted by Crippen LogP contribution is -2.49. The van der Waals surface area contributed by atoms with Gasteiger partial charge in [0.25, 0.3) is 5.91 Å². The number of rotatable bonds is 1. The van der Waals surface area contributed by atoms with Crippen LogP contribution in [0.25, 0.3) is 0 Å². The van der Waals surface area contributed by atoms with E-state index in [4.69, 9.17) is 10.5 Å². The van der Waals surface area contributed by atoms with Crippen LogP contribution in [-0.4, -0.2) is 55.7 Å². The average Bonchev–Trinajstić information content (AvgIpc) is 2.65. The zero-order valence-electron chi connectivity index (χ0n) is 8.65. The molecule has 0 spiro atoms. The minimum Gasteiger partial charge on any atom is -0.366 e. The van der Waals surface area contributed by atoms with Gasteiger partial charge in [-0.15, -0.1) is 12.4 Å². The van der Waals surface area contributed by atoms with E-state index in [0.29, 0.717) is 19.7 Å². The first-order valence-electron chi connectivity index (χ1n) is 5.14. The highest BCUT2D eigenvalue weighted by molar-refractivity contribution is 5.85. The van der Waals surface area contributed by atoms with Gasteiger partial charge < -0.3 is 20.7 Å². The number of nitrogens with two attached hydrogens (primary N) is 1. The third kappa shape index (κ3) is 3.04. The standard InChI is InChI=1S/C9H17N3O2.ClH/c10-7-1-3-12(6-7)9(13)8-5-11-2-4-14-8;/h7-8,11H,1-6,10H2;1H/t7-,8+;/m1./s1. The van der Waals surface area contributed by atoms with Crippen LogP contribution >= 0.6 is 12.4 Å². The van der Waals surface area contributed by atoms with Crippen molar-refractivity contribution in [3.63, 3.8) is 0 Å².